The average Bonchev–Trinajstić information content (AvgIpc) is 3.37. The van der Waals surface area contributed by atoms with Gasteiger partial charge in [0.25, 0.3) is 0 Å². The molecule has 0 spiro atoms. The summed E-state index contributed by atoms with van der Waals surface area (Å²) in [5, 5.41) is 1.24. The number of likely N-dealkylation sites (tertiary alicyclic amines) is 1. The second-order valence-corrected chi connectivity index (χ2v) is 7.47. The highest BCUT2D eigenvalue weighted by molar-refractivity contribution is 5.85. The third kappa shape index (κ3) is 2.80. The highest BCUT2D eigenvalue weighted by atomic mass is 15.2. The van der Waals surface area contributed by atoms with E-state index in [-0.39, 0.29) is 0 Å². The monoisotopic (exact) mass is 344 g/mol. The third-order valence-corrected chi connectivity index (χ3v) is 5.73. The molecule has 0 amide bonds. The zero-order valence-electron chi connectivity index (χ0n) is 15.2. The number of pyridine rings is 1. The molecule has 132 valence electrons. The molecule has 26 heavy (non-hydrogen) atoms. The Morgan fingerprint density at radius 2 is 2.04 bits per heavy atom. The molecule has 4 aromatic rings. The second-order valence-electron chi connectivity index (χ2n) is 7.47. The van der Waals surface area contributed by atoms with Crippen LogP contribution in [0.1, 0.15) is 25.5 Å². The number of benzene rings is 1. The topological polar surface area (TPSA) is 36.3 Å². The molecule has 0 aliphatic carbocycles. The first kappa shape index (κ1) is 15.6. The summed E-state index contributed by atoms with van der Waals surface area (Å²) < 4.78 is 2.17. The van der Waals surface area contributed by atoms with E-state index >= 15 is 0 Å². The van der Waals surface area contributed by atoms with Gasteiger partial charge in [0.15, 0.2) is 0 Å². The van der Waals surface area contributed by atoms with Crippen LogP contribution in [-0.2, 0) is 6.42 Å². The summed E-state index contributed by atoms with van der Waals surface area (Å²) in [6.45, 7) is 4.69. The van der Waals surface area contributed by atoms with Crippen molar-refractivity contribution in [3.63, 3.8) is 0 Å². The molecule has 4 heteroatoms. The number of H-pyrrole nitrogens is 1. The molecule has 1 saturated heterocycles. The maximum absolute atomic E-state index is 4.81. The minimum Gasteiger partial charge on any atom is -0.361 e. The summed E-state index contributed by atoms with van der Waals surface area (Å²) in [4.78, 5) is 10.6. The van der Waals surface area contributed by atoms with Crippen molar-refractivity contribution < 1.29 is 0 Å². The van der Waals surface area contributed by atoms with Crippen LogP contribution < -0.4 is 0 Å². The molecule has 3 aromatic heterocycles. The molecular weight excluding hydrogens is 320 g/mol. The van der Waals surface area contributed by atoms with Gasteiger partial charge in [0.2, 0.25) is 0 Å². The lowest BCUT2D eigenvalue weighted by atomic mass is 10.1. The minimum absolute atomic E-state index is 0.724. The van der Waals surface area contributed by atoms with Crippen LogP contribution in [0.4, 0.5) is 0 Å². The van der Waals surface area contributed by atoms with E-state index in [1.807, 2.05) is 6.20 Å². The van der Waals surface area contributed by atoms with Crippen LogP contribution in [0.15, 0.2) is 55.0 Å². The number of hydrogen-bond acceptors (Lipinski definition) is 2. The molecule has 0 radical (unpaired) electrons. The Balaban J connectivity index is 1.40. The highest BCUT2D eigenvalue weighted by Crippen LogP contribution is 2.25. The van der Waals surface area contributed by atoms with Gasteiger partial charge in [-0.05, 0) is 73.2 Å². The van der Waals surface area contributed by atoms with E-state index in [0.717, 1.165) is 24.7 Å². The quantitative estimate of drug-likeness (QED) is 0.591. The van der Waals surface area contributed by atoms with E-state index in [0.29, 0.717) is 0 Å². The van der Waals surface area contributed by atoms with Crippen LogP contribution in [0.25, 0.3) is 27.7 Å². The first-order valence-electron chi connectivity index (χ1n) is 9.55. The van der Waals surface area contributed by atoms with Crippen molar-refractivity contribution in [2.45, 2.75) is 32.2 Å². The number of nitrogens with zero attached hydrogens (tertiary/aromatic N) is 3. The Labute approximate surface area is 153 Å². The zero-order chi connectivity index (χ0) is 17.5. The summed E-state index contributed by atoms with van der Waals surface area (Å²) in [5.41, 5.74) is 5.84. The van der Waals surface area contributed by atoms with Gasteiger partial charge in [-0.3, -0.25) is 0 Å². The molecule has 1 N–H and O–H groups in total. The van der Waals surface area contributed by atoms with E-state index < -0.39 is 0 Å². The summed E-state index contributed by atoms with van der Waals surface area (Å²) in [7, 11) is 0. The molecular formula is C22H24N4. The molecule has 1 aromatic carbocycles. The number of aromatic amines is 1. The van der Waals surface area contributed by atoms with Gasteiger partial charge in [-0.2, -0.15) is 0 Å². The fourth-order valence-corrected chi connectivity index (χ4v) is 4.15. The Kier molecular flexibility index (Phi) is 3.79. The van der Waals surface area contributed by atoms with Crippen molar-refractivity contribution in [2.24, 2.45) is 0 Å². The highest BCUT2D eigenvalue weighted by Gasteiger charge is 2.19. The Morgan fingerprint density at radius 1 is 1.12 bits per heavy atom. The number of aromatic nitrogens is 3. The summed E-state index contributed by atoms with van der Waals surface area (Å²) in [6.07, 6.45) is 10.1. The average molecular weight is 344 g/mol. The van der Waals surface area contributed by atoms with Gasteiger partial charge < -0.3 is 14.3 Å². The fourth-order valence-electron chi connectivity index (χ4n) is 4.15. The third-order valence-electron chi connectivity index (χ3n) is 5.73. The maximum atomic E-state index is 4.81. The van der Waals surface area contributed by atoms with Crippen LogP contribution in [0.5, 0.6) is 0 Å². The van der Waals surface area contributed by atoms with E-state index in [2.05, 4.69) is 70.0 Å². The smallest absolute Gasteiger partial charge is 0.137 e. The number of nitrogens with one attached hydrogen (secondary N) is 1. The van der Waals surface area contributed by atoms with E-state index in [1.165, 1.54) is 47.1 Å². The fraction of sp³-hybridized carbons (Fsp3) is 0.318. The van der Waals surface area contributed by atoms with E-state index in [1.54, 1.807) is 0 Å². The molecule has 0 saturated carbocycles. The lowest BCUT2D eigenvalue weighted by molar-refractivity contribution is 0.271. The lowest BCUT2D eigenvalue weighted by Gasteiger charge is -2.19. The van der Waals surface area contributed by atoms with E-state index in [9.17, 15) is 0 Å². The van der Waals surface area contributed by atoms with Crippen LogP contribution in [0.3, 0.4) is 0 Å². The van der Waals surface area contributed by atoms with Gasteiger partial charge in [-0.15, -0.1) is 0 Å². The minimum atomic E-state index is 0.724. The largest absolute Gasteiger partial charge is 0.361 e. The molecule has 1 atom stereocenters. The van der Waals surface area contributed by atoms with Crippen LogP contribution in [-0.4, -0.2) is 38.4 Å². The van der Waals surface area contributed by atoms with Crippen molar-refractivity contribution in [1.29, 1.82) is 0 Å². The first-order valence-corrected chi connectivity index (χ1v) is 9.55. The first-order chi connectivity index (χ1) is 12.8. The molecule has 4 nitrogen and oxygen atoms in total. The molecule has 0 unspecified atom stereocenters. The van der Waals surface area contributed by atoms with Gasteiger partial charge in [-0.1, -0.05) is 6.07 Å². The lowest BCUT2D eigenvalue weighted by Crippen LogP contribution is -2.29. The number of rotatable bonds is 4. The van der Waals surface area contributed by atoms with Gasteiger partial charge in [-0.25, -0.2) is 4.98 Å². The normalized spacial score (nSPS) is 18.3. The Hall–Kier alpha value is -2.59. The van der Waals surface area contributed by atoms with Crippen LogP contribution in [0, 0.1) is 0 Å². The van der Waals surface area contributed by atoms with Crippen molar-refractivity contribution >= 4 is 16.6 Å². The van der Waals surface area contributed by atoms with Gasteiger partial charge in [0.05, 0.1) is 5.69 Å². The molecule has 1 fully saturated rings. The summed E-state index contributed by atoms with van der Waals surface area (Å²) in [6, 6.07) is 13.7. The second kappa shape index (κ2) is 6.29. The molecule has 1 aliphatic heterocycles. The molecule has 1 aliphatic rings. The maximum Gasteiger partial charge on any atom is 0.137 e. The van der Waals surface area contributed by atoms with Crippen LogP contribution >= 0.6 is 0 Å². The molecule has 4 heterocycles. The Bertz CT molecular complexity index is 1060. The number of imidazole rings is 1. The molecule has 5 rings (SSSR count). The SMILES string of the molecule is C[C@@H]1CCCN1CCc1cn2cc(-c3ccc4[nH]ccc4c3)ccc2n1. The van der Waals surface area contributed by atoms with Crippen molar-refractivity contribution in [3.8, 4) is 11.1 Å². The number of fused-ring (bicyclic) bond motifs is 2. The van der Waals surface area contributed by atoms with Gasteiger partial charge >= 0.3 is 0 Å². The molecule has 0 bridgehead atoms. The van der Waals surface area contributed by atoms with Crippen LogP contribution in [0.2, 0.25) is 0 Å². The predicted molar refractivity (Wildman–Crippen MR) is 106 cm³/mol. The van der Waals surface area contributed by atoms with Gasteiger partial charge in [0, 0.05) is 43.1 Å². The van der Waals surface area contributed by atoms with Crippen molar-refractivity contribution in [3.05, 3.63) is 60.7 Å². The standard InChI is InChI=1S/C22H24N4/c1-16-3-2-11-25(16)12-9-20-15-26-14-19(5-7-22(26)24-20)17-4-6-21-18(13-17)8-10-23-21/h4-8,10,13-16,23H,2-3,9,11-12H2,1H3/t16-/m1/s1. The van der Waals surface area contributed by atoms with E-state index in [4.69, 9.17) is 4.98 Å². The summed E-state index contributed by atoms with van der Waals surface area (Å²) >= 11 is 0. The number of hydrogen-bond donors (Lipinski definition) is 1. The Morgan fingerprint density at radius 3 is 2.92 bits per heavy atom. The zero-order valence-corrected chi connectivity index (χ0v) is 15.2. The van der Waals surface area contributed by atoms with Gasteiger partial charge in [0.1, 0.15) is 5.65 Å². The summed E-state index contributed by atoms with van der Waals surface area (Å²) in [5.74, 6) is 0. The van der Waals surface area contributed by atoms with Crippen molar-refractivity contribution in [2.75, 3.05) is 13.1 Å². The van der Waals surface area contributed by atoms with Crippen molar-refractivity contribution in [1.82, 2.24) is 19.3 Å². The predicted octanol–water partition coefficient (Wildman–Crippen LogP) is 4.51.